The Bertz CT molecular complexity index is 458. The summed E-state index contributed by atoms with van der Waals surface area (Å²) in [6.07, 6.45) is 2.44. The molecule has 1 saturated heterocycles. The second-order valence-corrected chi connectivity index (χ2v) is 4.57. The van der Waals surface area contributed by atoms with Crippen LogP contribution in [0.5, 0.6) is 0 Å². The summed E-state index contributed by atoms with van der Waals surface area (Å²) in [5.41, 5.74) is 10.6. The molecule has 1 amide bonds. The molecule has 0 aromatic heterocycles. The fourth-order valence-corrected chi connectivity index (χ4v) is 1.86. The highest BCUT2D eigenvalue weighted by molar-refractivity contribution is 5.85. The van der Waals surface area contributed by atoms with Gasteiger partial charge in [-0.3, -0.25) is 10.2 Å². The third kappa shape index (κ3) is 3.15. The molecule has 3 N–H and O–H groups in total. The van der Waals surface area contributed by atoms with E-state index < -0.39 is 0 Å². The fourth-order valence-electron chi connectivity index (χ4n) is 1.86. The quantitative estimate of drug-likeness (QED) is 0.543. The molecule has 1 heterocycles. The number of carbonyl (C=O) groups is 1. The van der Waals surface area contributed by atoms with Gasteiger partial charge in [-0.1, -0.05) is 24.3 Å². The van der Waals surface area contributed by atoms with Crippen molar-refractivity contribution < 1.29 is 4.79 Å². The highest BCUT2D eigenvalue weighted by Crippen LogP contribution is 2.04. The summed E-state index contributed by atoms with van der Waals surface area (Å²) >= 11 is 0. The van der Waals surface area contributed by atoms with Crippen LogP contribution in [0.4, 0.5) is 0 Å². The number of benzene rings is 1. The molecular formula is C13H18N4O. The normalized spacial score (nSPS) is 23.4. The van der Waals surface area contributed by atoms with E-state index >= 15 is 0 Å². The van der Waals surface area contributed by atoms with E-state index in [1.54, 1.807) is 6.21 Å². The number of hydrogen-bond donors (Lipinski definition) is 3. The average molecular weight is 246 g/mol. The van der Waals surface area contributed by atoms with Crippen molar-refractivity contribution in [2.24, 2.45) is 5.10 Å². The molecular weight excluding hydrogens is 228 g/mol. The fraction of sp³-hybridized carbons (Fsp3) is 0.385. The van der Waals surface area contributed by atoms with Crippen LogP contribution in [-0.2, 0) is 4.79 Å². The first-order valence-electron chi connectivity index (χ1n) is 6.06. The third-order valence-corrected chi connectivity index (χ3v) is 2.98. The molecule has 1 fully saturated rings. The lowest BCUT2D eigenvalue weighted by atomic mass is 10.1. The predicted molar refractivity (Wildman–Crippen MR) is 71.1 cm³/mol. The van der Waals surface area contributed by atoms with Crippen LogP contribution in [0.1, 0.15) is 24.5 Å². The monoisotopic (exact) mass is 246 g/mol. The van der Waals surface area contributed by atoms with Gasteiger partial charge in [-0.25, -0.2) is 10.9 Å². The van der Waals surface area contributed by atoms with Gasteiger partial charge in [0, 0.05) is 6.04 Å². The van der Waals surface area contributed by atoms with E-state index in [2.05, 4.69) is 21.4 Å². The Labute approximate surface area is 107 Å². The molecule has 0 aliphatic carbocycles. The van der Waals surface area contributed by atoms with Gasteiger partial charge in [-0.05, 0) is 31.4 Å². The minimum Gasteiger partial charge on any atom is -0.271 e. The lowest BCUT2D eigenvalue weighted by Crippen LogP contribution is -2.41. The third-order valence-electron chi connectivity index (χ3n) is 2.98. The van der Waals surface area contributed by atoms with Gasteiger partial charge < -0.3 is 0 Å². The first-order chi connectivity index (χ1) is 8.66. The van der Waals surface area contributed by atoms with E-state index in [1.165, 1.54) is 0 Å². The molecule has 18 heavy (non-hydrogen) atoms. The van der Waals surface area contributed by atoms with Gasteiger partial charge in [0.2, 0.25) is 0 Å². The molecule has 96 valence electrons. The first-order valence-corrected chi connectivity index (χ1v) is 6.06. The Morgan fingerprint density at radius 2 is 2.22 bits per heavy atom. The van der Waals surface area contributed by atoms with Gasteiger partial charge in [0.1, 0.15) is 6.04 Å². The Kier molecular flexibility index (Phi) is 4.07. The molecule has 0 spiro atoms. The maximum atomic E-state index is 11.7. The number of nitrogens with zero attached hydrogens (tertiary/aromatic N) is 1. The van der Waals surface area contributed by atoms with Crippen molar-refractivity contribution in [3.8, 4) is 0 Å². The number of hydrazone groups is 1. The minimum absolute atomic E-state index is 0.114. The van der Waals surface area contributed by atoms with Crippen molar-refractivity contribution in [2.75, 3.05) is 0 Å². The number of carbonyl (C=O) groups excluding carboxylic acids is 1. The lowest BCUT2D eigenvalue weighted by Gasteiger charge is -2.06. The van der Waals surface area contributed by atoms with Crippen LogP contribution < -0.4 is 16.3 Å². The molecule has 1 aromatic rings. The summed E-state index contributed by atoms with van der Waals surface area (Å²) in [6.45, 7) is 4.03. The van der Waals surface area contributed by atoms with E-state index in [0.717, 1.165) is 17.5 Å². The van der Waals surface area contributed by atoms with Crippen molar-refractivity contribution in [3.63, 3.8) is 0 Å². The zero-order valence-electron chi connectivity index (χ0n) is 10.6. The van der Waals surface area contributed by atoms with Crippen molar-refractivity contribution in [1.82, 2.24) is 16.3 Å². The topological polar surface area (TPSA) is 65.5 Å². The molecule has 2 atom stereocenters. The second kappa shape index (κ2) is 5.75. The van der Waals surface area contributed by atoms with Crippen LogP contribution in [0.25, 0.3) is 0 Å². The summed E-state index contributed by atoms with van der Waals surface area (Å²) in [5.74, 6) is -0.114. The molecule has 0 saturated carbocycles. The van der Waals surface area contributed by atoms with Gasteiger partial charge >= 0.3 is 0 Å². The zero-order chi connectivity index (χ0) is 13.0. The number of nitrogens with one attached hydrogen (secondary N) is 3. The standard InChI is InChI=1S/C13H18N4O/c1-9-5-3-4-6-11(9)8-14-17-13(18)12-7-10(2)15-16-12/h3-6,8,10,12,15-16H,7H2,1-2H3,(H,17,18)/b14-8+. The summed E-state index contributed by atoms with van der Waals surface area (Å²) < 4.78 is 0. The van der Waals surface area contributed by atoms with Gasteiger partial charge in [-0.15, -0.1) is 0 Å². The molecule has 0 radical (unpaired) electrons. The second-order valence-electron chi connectivity index (χ2n) is 4.57. The van der Waals surface area contributed by atoms with Gasteiger partial charge in [0.15, 0.2) is 0 Å². The number of aryl methyl sites for hydroxylation is 1. The van der Waals surface area contributed by atoms with Crippen molar-refractivity contribution in [3.05, 3.63) is 35.4 Å². The van der Waals surface area contributed by atoms with E-state index in [9.17, 15) is 4.79 Å². The van der Waals surface area contributed by atoms with E-state index in [1.807, 2.05) is 38.1 Å². The molecule has 1 aromatic carbocycles. The molecule has 2 unspecified atom stereocenters. The van der Waals surface area contributed by atoms with Crippen molar-refractivity contribution in [2.45, 2.75) is 32.4 Å². The average Bonchev–Trinajstić information content (AvgIpc) is 2.78. The number of hydrazine groups is 1. The van der Waals surface area contributed by atoms with Crippen LogP contribution in [-0.4, -0.2) is 24.2 Å². The van der Waals surface area contributed by atoms with Crippen LogP contribution in [0, 0.1) is 6.92 Å². The Morgan fingerprint density at radius 1 is 1.44 bits per heavy atom. The lowest BCUT2D eigenvalue weighted by molar-refractivity contribution is -0.122. The van der Waals surface area contributed by atoms with Crippen LogP contribution in [0.3, 0.4) is 0 Å². The molecule has 5 heteroatoms. The Morgan fingerprint density at radius 3 is 2.89 bits per heavy atom. The molecule has 1 aliphatic heterocycles. The summed E-state index contributed by atoms with van der Waals surface area (Å²) in [6, 6.07) is 7.98. The Balaban J connectivity index is 1.88. The number of amides is 1. The van der Waals surface area contributed by atoms with Crippen molar-refractivity contribution in [1.29, 1.82) is 0 Å². The first kappa shape index (κ1) is 12.7. The summed E-state index contributed by atoms with van der Waals surface area (Å²) in [5, 5.41) is 3.98. The predicted octanol–water partition coefficient (Wildman–Crippen LogP) is 0.700. The Hall–Kier alpha value is -1.72. The highest BCUT2D eigenvalue weighted by Gasteiger charge is 2.26. The summed E-state index contributed by atoms with van der Waals surface area (Å²) in [4.78, 5) is 11.7. The van der Waals surface area contributed by atoms with Crippen LogP contribution in [0.2, 0.25) is 0 Å². The maximum absolute atomic E-state index is 11.7. The van der Waals surface area contributed by atoms with E-state index in [0.29, 0.717) is 6.04 Å². The van der Waals surface area contributed by atoms with E-state index in [4.69, 9.17) is 0 Å². The van der Waals surface area contributed by atoms with Gasteiger partial charge in [-0.2, -0.15) is 5.10 Å². The zero-order valence-corrected chi connectivity index (χ0v) is 10.6. The van der Waals surface area contributed by atoms with Crippen molar-refractivity contribution >= 4 is 12.1 Å². The molecule has 5 nitrogen and oxygen atoms in total. The highest BCUT2D eigenvalue weighted by atomic mass is 16.2. The number of rotatable bonds is 3. The largest absolute Gasteiger partial charge is 0.271 e. The molecule has 1 aliphatic rings. The van der Waals surface area contributed by atoms with Gasteiger partial charge in [0.05, 0.1) is 6.21 Å². The van der Waals surface area contributed by atoms with Gasteiger partial charge in [0.25, 0.3) is 5.91 Å². The summed E-state index contributed by atoms with van der Waals surface area (Å²) in [7, 11) is 0. The van der Waals surface area contributed by atoms with Crippen LogP contribution >= 0.6 is 0 Å². The molecule has 0 bridgehead atoms. The SMILES string of the molecule is Cc1ccccc1/C=N/NC(=O)C1CC(C)NN1. The van der Waals surface area contributed by atoms with Crippen LogP contribution in [0.15, 0.2) is 29.4 Å². The van der Waals surface area contributed by atoms with E-state index in [-0.39, 0.29) is 11.9 Å². The smallest absolute Gasteiger partial charge is 0.258 e. The minimum atomic E-state index is -0.214. The molecule has 2 rings (SSSR count). The maximum Gasteiger partial charge on any atom is 0.258 e. The number of hydrogen-bond acceptors (Lipinski definition) is 4.